The number of hydrogen-bond donors (Lipinski definition) is 1. The zero-order chi connectivity index (χ0) is 13.8. The Balaban J connectivity index is 2.57. The summed E-state index contributed by atoms with van der Waals surface area (Å²) in [6.45, 7) is 6.94. The van der Waals surface area contributed by atoms with Gasteiger partial charge < -0.3 is 5.11 Å². The molecule has 1 rings (SSSR count). The second kappa shape index (κ2) is 6.26. The van der Waals surface area contributed by atoms with Gasteiger partial charge in [0.15, 0.2) is 5.13 Å². The highest BCUT2D eigenvalue weighted by atomic mass is 32.1. The van der Waals surface area contributed by atoms with Crippen LogP contribution in [0.4, 0.5) is 5.13 Å². The Morgan fingerprint density at radius 1 is 1.56 bits per heavy atom. The third-order valence-corrected chi connectivity index (χ3v) is 3.34. The first kappa shape index (κ1) is 15.1. The van der Waals surface area contributed by atoms with Gasteiger partial charge in [-0.15, -0.1) is 11.3 Å². The summed E-state index contributed by atoms with van der Waals surface area (Å²) in [4.78, 5) is 19.6. The summed E-state index contributed by atoms with van der Waals surface area (Å²) in [7, 11) is 1.72. The number of carbonyl (C=O) groups is 1. The maximum absolute atomic E-state index is 12.1. The second-order valence-electron chi connectivity index (χ2n) is 4.88. The maximum Gasteiger partial charge on any atom is 0.242 e. The van der Waals surface area contributed by atoms with E-state index in [9.17, 15) is 9.90 Å². The van der Waals surface area contributed by atoms with Crippen LogP contribution < -0.4 is 4.90 Å². The number of hydrogen-bond acceptors (Lipinski definition) is 5. The predicted molar refractivity (Wildman–Crippen MR) is 73.9 cm³/mol. The number of likely N-dealkylation sites (N-methyl/N-ethyl adjacent to an activating group) is 2. The Kier molecular flexibility index (Phi) is 5.25. The van der Waals surface area contributed by atoms with Crippen LogP contribution in [0, 0.1) is 0 Å². The SMILES string of the molecule is CCN(CC(=O)N(C)c1nccs1)CC(C)(C)O. The van der Waals surface area contributed by atoms with E-state index in [0.29, 0.717) is 11.7 Å². The quantitative estimate of drug-likeness (QED) is 0.844. The highest BCUT2D eigenvalue weighted by Crippen LogP contribution is 2.16. The average Bonchev–Trinajstić information content (AvgIpc) is 2.78. The Hall–Kier alpha value is -0.980. The Labute approximate surface area is 112 Å². The molecular weight excluding hydrogens is 250 g/mol. The van der Waals surface area contributed by atoms with E-state index in [1.165, 1.54) is 11.3 Å². The maximum atomic E-state index is 12.1. The Bertz CT molecular complexity index is 373. The molecule has 0 bridgehead atoms. The van der Waals surface area contributed by atoms with Crippen molar-refractivity contribution in [3.8, 4) is 0 Å². The van der Waals surface area contributed by atoms with Gasteiger partial charge in [-0.2, -0.15) is 0 Å². The molecule has 0 fully saturated rings. The zero-order valence-corrected chi connectivity index (χ0v) is 12.2. The molecule has 0 saturated heterocycles. The number of anilines is 1. The monoisotopic (exact) mass is 271 g/mol. The van der Waals surface area contributed by atoms with Crippen LogP contribution in [0.2, 0.25) is 0 Å². The van der Waals surface area contributed by atoms with Gasteiger partial charge in [0.05, 0.1) is 12.1 Å². The van der Waals surface area contributed by atoms with Crippen molar-refractivity contribution in [2.45, 2.75) is 26.4 Å². The first-order chi connectivity index (χ1) is 8.33. The number of thiazole rings is 1. The van der Waals surface area contributed by atoms with Crippen molar-refractivity contribution in [1.29, 1.82) is 0 Å². The van der Waals surface area contributed by atoms with Crippen LogP contribution in [0.1, 0.15) is 20.8 Å². The predicted octanol–water partition coefficient (Wildman–Crippen LogP) is 1.20. The van der Waals surface area contributed by atoms with Crippen molar-refractivity contribution in [2.75, 3.05) is 31.6 Å². The van der Waals surface area contributed by atoms with Crippen molar-refractivity contribution >= 4 is 22.4 Å². The van der Waals surface area contributed by atoms with Crippen LogP contribution in [0.15, 0.2) is 11.6 Å². The van der Waals surface area contributed by atoms with Gasteiger partial charge in [0.1, 0.15) is 0 Å². The lowest BCUT2D eigenvalue weighted by Gasteiger charge is -2.28. The molecule has 1 heterocycles. The molecule has 0 aliphatic heterocycles. The lowest BCUT2D eigenvalue weighted by molar-refractivity contribution is -0.120. The Morgan fingerprint density at radius 3 is 2.67 bits per heavy atom. The van der Waals surface area contributed by atoms with Gasteiger partial charge in [-0.25, -0.2) is 4.98 Å². The zero-order valence-electron chi connectivity index (χ0n) is 11.4. The van der Waals surface area contributed by atoms with Gasteiger partial charge in [0.25, 0.3) is 0 Å². The summed E-state index contributed by atoms with van der Waals surface area (Å²) >= 11 is 1.43. The molecule has 102 valence electrons. The van der Waals surface area contributed by atoms with Crippen LogP contribution in [-0.4, -0.2) is 53.2 Å². The average molecular weight is 271 g/mol. The minimum absolute atomic E-state index is 0.0175. The van der Waals surface area contributed by atoms with Gasteiger partial charge in [-0.1, -0.05) is 6.92 Å². The van der Waals surface area contributed by atoms with Gasteiger partial charge in [0, 0.05) is 25.2 Å². The summed E-state index contributed by atoms with van der Waals surface area (Å²) in [6.07, 6.45) is 1.68. The van der Waals surface area contributed by atoms with E-state index in [0.717, 1.165) is 6.54 Å². The number of aliphatic hydroxyl groups is 1. The largest absolute Gasteiger partial charge is 0.389 e. The normalized spacial score (nSPS) is 11.9. The number of amides is 1. The Morgan fingerprint density at radius 2 is 2.22 bits per heavy atom. The fourth-order valence-electron chi connectivity index (χ4n) is 1.61. The highest BCUT2D eigenvalue weighted by Gasteiger charge is 2.21. The van der Waals surface area contributed by atoms with E-state index in [-0.39, 0.29) is 12.5 Å². The molecule has 6 heteroatoms. The molecule has 0 aliphatic carbocycles. The van der Waals surface area contributed by atoms with Gasteiger partial charge in [-0.05, 0) is 20.4 Å². The summed E-state index contributed by atoms with van der Waals surface area (Å²) in [5.74, 6) is -0.0175. The van der Waals surface area contributed by atoms with Crippen molar-refractivity contribution in [3.63, 3.8) is 0 Å². The summed E-state index contributed by atoms with van der Waals surface area (Å²) < 4.78 is 0. The minimum Gasteiger partial charge on any atom is -0.389 e. The number of nitrogens with zero attached hydrogens (tertiary/aromatic N) is 3. The number of rotatable bonds is 6. The van der Waals surface area contributed by atoms with E-state index in [1.807, 2.05) is 17.2 Å². The fourth-order valence-corrected chi connectivity index (χ4v) is 2.24. The van der Waals surface area contributed by atoms with Gasteiger partial charge >= 0.3 is 0 Å². The summed E-state index contributed by atoms with van der Waals surface area (Å²) in [6, 6.07) is 0. The van der Waals surface area contributed by atoms with Gasteiger partial charge in [0.2, 0.25) is 5.91 Å². The molecule has 0 saturated carbocycles. The van der Waals surface area contributed by atoms with E-state index in [2.05, 4.69) is 4.98 Å². The lowest BCUT2D eigenvalue weighted by atomic mass is 10.1. The van der Waals surface area contributed by atoms with Crippen LogP contribution in [0.3, 0.4) is 0 Å². The second-order valence-corrected chi connectivity index (χ2v) is 5.76. The molecular formula is C12H21N3O2S. The smallest absolute Gasteiger partial charge is 0.242 e. The fraction of sp³-hybridized carbons (Fsp3) is 0.667. The van der Waals surface area contributed by atoms with Crippen LogP contribution in [0.25, 0.3) is 0 Å². The highest BCUT2D eigenvalue weighted by molar-refractivity contribution is 7.13. The minimum atomic E-state index is -0.796. The molecule has 0 aliphatic rings. The van der Waals surface area contributed by atoms with Crippen LogP contribution in [0.5, 0.6) is 0 Å². The molecule has 1 amide bonds. The molecule has 0 atom stereocenters. The van der Waals surface area contributed by atoms with Crippen molar-refractivity contribution < 1.29 is 9.90 Å². The molecule has 1 aromatic rings. The lowest BCUT2D eigenvalue weighted by Crippen LogP contribution is -2.44. The van der Waals surface area contributed by atoms with Crippen molar-refractivity contribution in [3.05, 3.63) is 11.6 Å². The summed E-state index contributed by atoms with van der Waals surface area (Å²) in [5, 5.41) is 12.3. The third kappa shape index (κ3) is 4.72. The molecule has 1 aromatic heterocycles. The number of carbonyl (C=O) groups excluding carboxylic acids is 1. The van der Waals surface area contributed by atoms with E-state index in [1.54, 1.807) is 32.0 Å². The molecule has 0 unspecified atom stereocenters. The van der Waals surface area contributed by atoms with Crippen molar-refractivity contribution in [1.82, 2.24) is 9.88 Å². The molecule has 1 N–H and O–H groups in total. The molecule has 0 aromatic carbocycles. The van der Waals surface area contributed by atoms with Crippen LogP contribution >= 0.6 is 11.3 Å². The molecule has 18 heavy (non-hydrogen) atoms. The van der Waals surface area contributed by atoms with Crippen molar-refractivity contribution in [2.24, 2.45) is 0 Å². The molecule has 5 nitrogen and oxygen atoms in total. The van der Waals surface area contributed by atoms with Gasteiger partial charge in [-0.3, -0.25) is 14.6 Å². The molecule has 0 spiro atoms. The first-order valence-electron chi connectivity index (χ1n) is 5.94. The number of aromatic nitrogens is 1. The summed E-state index contributed by atoms with van der Waals surface area (Å²) in [5.41, 5.74) is -0.796. The topological polar surface area (TPSA) is 56.7 Å². The molecule has 0 radical (unpaired) electrons. The standard InChI is InChI=1S/C12H21N3O2S/c1-5-15(9-12(2,3)17)8-10(16)14(4)11-13-6-7-18-11/h6-7,17H,5,8-9H2,1-4H3. The van der Waals surface area contributed by atoms with Crippen LogP contribution in [-0.2, 0) is 4.79 Å². The van der Waals surface area contributed by atoms with E-state index >= 15 is 0 Å². The first-order valence-corrected chi connectivity index (χ1v) is 6.82. The van der Waals surface area contributed by atoms with E-state index < -0.39 is 5.60 Å². The third-order valence-electron chi connectivity index (χ3n) is 2.50. The van der Waals surface area contributed by atoms with E-state index in [4.69, 9.17) is 0 Å².